The number of alkyl carbamates (subject to hydrolysis) is 1. The highest BCUT2D eigenvalue weighted by atomic mass is 35.5. The SMILES string of the molecule is CCNc1nc(Nc2cc(C#N)cc(N3CCC(NC(=O)OC)C(=O)C3)c2Cl)nn2c(C#N)cnc12. The molecule has 4 rings (SSSR count). The summed E-state index contributed by atoms with van der Waals surface area (Å²) in [5.41, 5.74) is 1.71. The monoisotopic (exact) mass is 508 g/mol. The minimum absolute atomic E-state index is 0.0176. The van der Waals surface area contributed by atoms with Crippen LogP contribution in [0.25, 0.3) is 5.65 Å². The maximum atomic E-state index is 12.6. The number of methoxy groups -OCH3 is 1. The molecule has 1 aliphatic rings. The van der Waals surface area contributed by atoms with E-state index in [4.69, 9.17) is 11.6 Å². The molecule has 1 amide bonds. The zero-order valence-corrected chi connectivity index (χ0v) is 20.1. The topological polar surface area (TPSA) is 173 Å². The molecule has 36 heavy (non-hydrogen) atoms. The number of nitrogens with one attached hydrogen (secondary N) is 3. The number of anilines is 4. The smallest absolute Gasteiger partial charge is 0.407 e. The Labute approximate surface area is 210 Å². The highest BCUT2D eigenvalue weighted by molar-refractivity contribution is 6.36. The number of aromatic nitrogens is 4. The van der Waals surface area contributed by atoms with Crippen molar-refractivity contribution in [2.24, 2.45) is 0 Å². The Morgan fingerprint density at radius 1 is 1.33 bits per heavy atom. The van der Waals surface area contributed by atoms with Gasteiger partial charge >= 0.3 is 6.09 Å². The Morgan fingerprint density at radius 3 is 2.81 bits per heavy atom. The summed E-state index contributed by atoms with van der Waals surface area (Å²) < 4.78 is 5.93. The number of imidazole rings is 1. The van der Waals surface area contributed by atoms with E-state index in [-0.39, 0.29) is 29.0 Å². The predicted molar refractivity (Wildman–Crippen MR) is 130 cm³/mol. The average Bonchev–Trinajstić information content (AvgIpc) is 3.30. The maximum absolute atomic E-state index is 12.6. The van der Waals surface area contributed by atoms with Gasteiger partial charge in [-0.15, -0.1) is 5.10 Å². The normalized spacial score (nSPS) is 15.2. The van der Waals surface area contributed by atoms with Crippen LogP contribution in [0.5, 0.6) is 0 Å². The van der Waals surface area contributed by atoms with Gasteiger partial charge in [0.05, 0.1) is 53.9 Å². The second-order valence-electron chi connectivity index (χ2n) is 7.76. The lowest BCUT2D eigenvalue weighted by Gasteiger charge is -2.33. The first-order valence-electron chi connectivity index (χ1n) is 10.9. The van der Waals surface area contributed by atoms with Crippen molar-refractivity contribution in [3.63, 3.8) is 0 Å². The fraction of sp³-hybridized carbons (Fsp3) is 0.318. The summed E-state index contributed by atoms with van der Waals surface area (Å²) in [6, 6.07) is 6.58. The number of nitrogens with zero attached hydrogens (tertiary/aromatic N) is 7. The van der Waals surface area contributed by atoms with E-state index in [2.05, 4.69) is 41.8 Å². The van der Waals surface area contributed by atoms with Crippen molar-refractivity contribution >= 4 is 52.3 Å². The molecule has 3 aromatic rings. The fourth-order valence-corrected chi connectivity index (χ4v) is 4.07. The van der Waals surface area contributed by atoms with E-state index in [1.54, 1.807) is 17.0 Å². The second-order valence-corrected chi connectivity index (χ2v) is 8.14. The number of carbonyl (C=O) groups is 2. The lowest BCUT2D eigenvalue weighted by molar-refractivity contribution is -0.120. The third-order valence-electron chi connectivity index (χ3n) is 5.49. The quantitative estimate of drug-likeness (QED) is 0.445. The Kier molecular flexibility index (Phi) is 7.03. The number of ether oxygens (including phenoxy) is 1. The molecule has 1 aromatic carbocycles. The average molecular weight is 509 g/mol. The van der Waals surface area contributed by atoms with Crippen molar-refractivity contribution in [3.8, 4) is 12.1 Å². The number of Topliss-reactive ketones (excluding diaryl/α,β-unsaturated/α-hetero) is 1. The molecule has 0 aliphatic carbocycles. The summed E-state index contributed by atoms with van der Waals surface area (Å²) in [7, 11) is 1.23. The number of hydrogen-bond acceptors (Lipinski definition) is 11. The molecule has 0 bridgehead atoms. The minimum atomic E-state index is -0.677. The van der Waals surface area contributed by atoms with Crippen LogP contribution in [0.15, 0.2) is 18.3 Å². The van der Waals surface area contributed by atoms with Gasteiger partial charge in [0.1, 0.15) is 6.07 Å². The number of amides is 1. The van der Waals surface area contributed by atoms with Gasteiger partial charge in [0.15, 0.2) is 22.9 Å². The number of halogens is 1. The van der Waals surface area contributed by atoms with Crippen molar-refractivity contribution in [2.45, 2.75) is 19.4 Å². The van der Waals surface area contributed by atoms with Gasteiger partial charge in [-0.25, -0.2) is 9.78 Å². The van der Waals surface area contributed by atoms with E-state index in [1.807, 2.05) is 13.0 Å². The van der Waals surface area contributed by atoms with E-state index in [0.29, 0.717) is 47.9 Å². The van der Waals surface area contributed by atoms with Gasteiger partial charge in [0, 0.05) is 13.1 Å². The third kappa shape index (κ3) is 4.78. The number of ketones is 1. The summed E-state index contributed by atoms with van der Waals surface area (Å²) >= 11 is 6.71. The van der Waals surface area contributed by atoms with E-state index in [0.717, 1.165) is 0 Å². The highest BCUT2D eigenvalue weighted by Gasteiger charge is 2.30. The number of carbonyl (C=O) groups excluding carboxylic acids is 2. The molecule has 184 valence electrons. The molecule has 2 aromatic heterocycles. The summed E-state index contributed by atoms with van der Waals surface area (Å²) in [5.74, 6) is 0.316. The molecule has 1 saturated heterocycles. The lowest BCUT2D eigenvalue weighted by atomic mass is 10.0. The van der Waals surface area contributed by atoms with Gasteiger partial charge in [-0.2, -0.15) is 20.0 Å². The molecule has 1 aliphatic heterocycles. The molecular formula is C22H21ClN10O3. The summed E-state index contributed by atoms with van der Waals surface area (Å²) in [6.07, 6.45) is 1.06. The first-order valence-corrected chi connectivity index (χ1v) is 11.3. The van der Waals surface area contributed by atoms with Crippen LogP contribution >= 0.6 is 11.6 Å². The van der Waals surface area contributed by atoms with Crippen LogP contribution in [-0.4, -0.2) is 64.2 Å². The molecule has 1 fully saturated rings. The Morgan fingerprint density at radius 2 is 2.14 bits per heavy atom. The highest BCUT2D eigenvalue weighted by Crippen LogP contribution is 2.37. The molecule has 3 heterocycles. The number of hydrogen-bond donors (Lipinski definition) is 3. The molecule has 0 saturated carbocycles. The first kappa shape index (κ1) is 24.5. The van der Waals surface area contributed by atoms with Crippen LogP contribution in [0.4, 0.5) is 27.9 Å². The first-order chi connectivity index (χ1) is 17.4. The van der Waals surface area contributed by atoms with Gasteiger partial charge in [0.2, 0.25) is 5.95 Å². The zero-order chi connectivity index (χ0) is 25.8. The number of piperidine rings is 1. The van der Waals surface area contributed by atoms with Gasteiger partial charge in [0.25, 0.3) is 0 Å². The van der Waals surface area contributed by atoms with E-state index < -0.39 is 12.1 Å². The van der Waals surface area contributed by atoms with Crippen LogP contribution in [0.3, 0.4) is 0 Å². The summed E-state index contributed by atoms with van der Waals surface area (Å²) in [4.78, 5) is 34.5. The van der Waals surface area contributed by atoms with Crippen LogP contribution in [0.2, 0.25) is 5.02 Å². The van der Waals surface area contributed by atoms with Gasteiger partial charge in [-0.1, -0.05) is 11.6 Å². The molecule has 0 spiro atoms. The number of benzene rings is 1. The third-order valence-corrected chi connectivity index (χ3v) is 5.89. The Balaban J connectivity index is 1.67. The van der Waals surface area contributed by atoms with E-state index >= 15 is 0 Å². The zero-order valence-electron chi connectivity index (χ0n) is 19.4. The van der Waals surface area contributed by atoms with Gasteiger partial charge < -0.3 is 25.6 Å². The van der Waals surface area contributed by atoms with Gasteiger partial charge in [-0.3, -0.25) is 4.79 Å². The minimum Gasteiger partial charge on any atom is -0.453 e. The van der Waals surface area contributed by atoms with Crippen molar-refractivity contribution in [2.75, 3.05) is 42.3 Å². The molecule has 3 N–H and O–H groups in total. The molecule has 1 unspecified atom stereocenters. The van der Waals surface area contributed by atoms with Crippen molar-refractivity contribution in [3.05, 3.63) is 34.6 Å². The number of rotatable bonds is 6. The van der Waals surface area contributed by atoms with Crippen LogP contribution in [0.1, 0.15) is 24.6 Å². The summed E-state index contributed by atoms with van der Waals surface area (Å²) in [5, 5.41) is 32.2. The maximum Gasteiger partial charge on any atom is 0.407 e. The van der Waals surface area contributed by atoms with Crippen LogP contribution < -0.4 is 20.9 Å². The predicted octanol–water partition coefficient (Wildman–Crippen LogP) is 2.20. The van der Waals surface area contributed by atoms with Crippen molar-refractivity contribution in [1.29, 1.82) is 10.5 Å². The van der Waals surface area contributed by atoms with Crippen molar-refractivity contribution in [1.82, 2.24) is 24.9 Å². The number of nitriles is 2. The molecular weight excluding hydrogens is 488 g/mol. The van der Waals surface area contributed by atoms with Gasteiger partial charge in [-0.05, 0) is 25.5 Å². The van der Waals surface area contributed by atoms with Crippen LogP contribution in [-0.2, 0) is 9.53 Å². The lowest BCUT2D eigenvalue weighted by Crippen LogP contribution is -2.51. The molecule has 13 nitrogen and oxygen atoms in total. The Bertz CT molecular complexity index is 1420. The van der Waals surface area contributed by atoms with Crippen molar-refractivity contribution < 1.29 is 14.3 Å². The second kappa shape index (κ2) is 10.3. The standard InChI is InChI=1S/C22H21ClN10O3/c1-3-26-19-20-27-10-13(9-25)33(20)31-21(30-19)28-15-6-12(8-24)7-16(18(15)23)32-5-4-14(17(34)11-32)29-22(35)36-2/h6-7,10,14H,3-5,11H2,1-2H3,(H,29,35)(H2,26,28,30,31). The molecule has 1 atom stereocenters. The van der Waals surface area contributed by atoms with Crippen LogP contribution in [0, 0.1) is 22.7 Å². The molecule has 14 heteroatoms. The van der Waals surface area contributed by atoms with E-state index in [9.17, 15) is 20.1 Å². The largest absolute Gasteiger partial charge is 0.453 e. The summed E-state index contributed by atoms with van der Waals surface area (Å²) in [6.45, 7) is 2.84. The molecule has 0 radical (unpaired) electrons. The Hall–Kier alpha value is -4.62. The fourth-order valence-electron chi connectivity index (χ4n) is 3.79. The van der Waals surface area contributed by atoms with E-state index in [1.165, 1.54) is 17.8 Å². The number of fused-ring (bicyclic) bond motifs is 1.